The van der Waals surface area contributed by atoms with E-state index in [4.69, 9.17) is 5.73 Å². The van der Waals surface area contributed by atoms with Crippen molar-refractivity contribution in [3.63, 3.8) is 0 Å². The van der Waals surface area contributed by atoms with Gasteiger partial charge in [-0.2, -0.15) is 0 Å². The molecule has 134 valence electrons. The molecular formula is C17H27N3O3S. The van der Waals surface area contributed by atoms with Crippen molar-refractivity contribution in [1.82, 2.24) is 4.72 Å². The largest absolute Gasteiger partial charge is 0.399 e. The van der Waals surface area contributed by atoms with E-state index >= 15 is 0 Å². The van der Waals surface area contributed by atoms with Crippen LogP contribution in [0.5, 0.6) is 0 Å². The van der Waals surface area contributed by atoms with Crippen molar-refractivity contribution >= 4 is 27.3 Å². The molecule has 7 heteroatoms. The molecule has 0 radical (unpaired) electrons. The van der Waals surface area contributed by atoms with Crippen LogP contribution >= 0.6 is 0 Å². The molecule has 1 aliphatic rings. The molecule has 0 bridgehead atoms. The number of nitrogens with one attached hydrogen (secondary N) is 2. The highest BCUT2D eigenvalue weighted by atomic mass is 32.2. The van der Waals surface area contributed by atoms with E-state index in [2.05, 4.69) is 10.0 Å². The van der Waals surface area contributed by atoms with E-state index < -0.39 is 14.8 Å². The summed E-state index contributed by atoms with van der Waals surface area (Å²) >= 11 is 0. The molecule has 0 atom stereocenters. The zero-order chi connectivity index (χ0) is 18.0. The van der Waals surface area contributed by atoms with Crippen molar-refractivity contribution in [3.8, 4) is 0 Å². The van der Waals surface area contributed by atoms with Crippen LogP contribution in [0.2, 0.25) is 0 Å². The lowest BCUT2D eigenvalue weighted by molar-refractivity contribution is -0.120. The van der Waals surface area contributed by atoms with E-state index in [0.717, 1.165) is 0 Å². The SMILES string of the molecule is CC(C)(C)S(=O)(=O)N[C@H]1CC[C@H](C(=O)Nc2cccc(N)c2)CC1. The quantitative estimate of drug-likeness (QED) is 0.724. The van der Waals surface area contributed by atoms with E-state index in [9.17, 15) is 13.2 Å². The summed E-state index contributed by atoms with van der Waals surface area (Å²) in [7, 11) is -3.35. The molecule has 2 rings (SSSR count). The monoisotopic (exact) mass is 353 g/mol. The van der Waals surface area contributed by atoms with Gasteiger partial charge < -0.3 is 11.1 Å². The van der Waals surface area contributed by atoms with E-state index in [0.29, 0.717) is 37.1 Å². The number of nitrogen functional groups attached to an aromatic ring is 1. The molecule has 1 aromatic carbocycles. The molecule has 4 N–H and O–H groups in total. The number of nitrogens with two attached hydrogens (primary N) is 1. The Kier molecular flexibility index (Phi) is 5.55. The van der Waals surface area contributed by atoms with Crippen molar-refractivity contribution in [2.45, 2.75) is 57.2 Å². The lowest BCUT2D eigenvalue weighted by Gasteiger charge is -2.30. The molecule has 6 nitrogen and oxygen atoms in total. The van der Waals surface area contributed by atoms with E-state index in [1.165, 1.54) is 0 Å². The van der Waals surface area contributed by atoms with Gasteiger partial charge in [0.1, 0.15) is 0 Å². The zero-order valence-electron chi connectivity index (χ0n) is 14.5. The predicted octanol–water partition coefficient (Wildman–Crippen LogP) is 2.48. The second kappa shape index (κ2) is 7.11. The molecule has 1 fully saturated rings. The van der Waals surface area contributed by atoms with Gasteiger partial charge in [-0.25, -0.2) is 13.1 Å². The third-order valence-corrected chi connectivity index (χ3v) is 6.64. The smallest absolute Gasteiger partial charge is 0.227 e. The van der Waals surface area contributed by atoms with Crippen LogP contribution in [-0.4, -0.2) is 25.1 Å². The van der Waals surface area contributed by atoms with Gasteiger partial charge in [-0.1, -0.05) is 6.07 Å². The van der Waals surface area contributed by atoms with Crippen LogP contribution in [0.3, 0.4) is 0 Å². The molecule has 1 saturated carbocycles. The number of hydrogen-bond donors (Lipinski definition) is 3. The van der Waals surface area contributed by atoms with Crippen molar-refractivity contribution in [2.24, 2.45) is 5.92 Å². The molecule has 1 aliphatic carbocycles. The van der Waals surface area contributed by atoms with E-state index in [-0.39, 0.29) is 17.9 Å². The average molecular weight is 353 g/mol. The highest BCUT2D eigenvalue weighted by molar-refractivity contribution is 7.90. The fraction of sp³-hybridized carbons (Fsp3) is 0.588. The molecule has 1 amide bonds. The molecular weight excluding hydrogens is 326 g/mol. The summed E-state index contributed by atoms with van der Waals surface area (Å²) in [6.45, 7) is 5.04. The third kappa shape index (κ3) is 4.70. The highest BCUT2D eigenvalue weighted by Crippen LogP contribution is 2.27. The summed E-state index contributed by atoms with van der Waals surface area (Å²) in [6.07, 6.45) is 2.69. The molecule has 0 unspecified atom stereocenters. The number of carbonyl (C=O) groups excluding carboxylic acids is 1. The first kappa shape index (κ1) is 18.7. The Balaban J connectivity index is 1.87. The minimum Gasteiger partial charge on any atom is -0.399 e. The van der Waals surface area contributed by atoms with Gasteiger partial charge in [0.25, 0.3) is 0 Å². The highest BCUT2D eigenvalue weighted by Gasteiger charge is 2.34. The normalized spacial score (nSPS) is 22.1. The van der Waals surface area contributed by atoms with Crippen LogP contribution in [0, 0.1) is 5.92 Å². The molecule has 0 heterocycles. The summed E-state index contributed by atoms with van der Waals surface area (Å²) in [5.74, 6) is -0.125. The summed E-state index contributed by atoms with van der Waals surface area (Å²) in [5.41, 5.74) is 7.00. The standard InChI is InChI=1S/C17H27N3O3S/c1-17(2,3)24(22,23)20-14-9-7-12(8-10-14)16(21)19-15-6-4-5-13(18)11-15/h4-6,11-12,14,20H,7-10,18H2,1-3H3,(H,19,21)/t12-,14-. The van der Waals surface area contributed by atoms with Crippen molar-refractivity contribution in [2.75, 3.05) is 11.1 Å². The summed E-state index contributed by atoms with van der Waals surface area (Å²) in [5, 5.41) is 2.88. The van der Waals surface area contributed by atoms with Gasteiger partial charge in [0, 0.05) is 23.3 Å². The van der Waals surface area contributed by atoms with Gasteiger partial charge >= 0.3 is 0 Å². The van der Waals surface area contributed by atoms with Crippen molar-refractivity contribution in [3.05, 3.63) is 24.3 Å². The number of rotatable bonds is 4. The van der Waals surface area contributed by atoms with E-state index in [1.807, 2.05) is 0 Å². The maximum atomic E-state index is 12.3. The van der Waals surface area contributed by atoms with Gasteiger partial charge in [0.15, 0.2) is 0 Å². The number of carbonyl (C=O) groups is 1. The fourth-order valence-corrected chi connectivity index (χ4v) is 3.76. The maximum absolute atomic E-state index is 12.3. The number of anilines is 2. The maximum Gasteiger partial charge on any atom is 0.227 e. The Morgan fingerprint density at radius 3 is 2.33 bits per heavy atom. The molecule has 1 aromatic rings. The van der Waals surface area contributed by atoms with Crippen molar-refractivity contribution < 1.29 is 13.2 Å². The number of hydrogen-bond acceptors (Lipinski definition) is 4. The second-order valence-electron chi connectivity index (χ2n) is 7.40. The number of amides is 1. The van der Waals surface area contributed by atoms with Gasteiger partial charge in [0.2, 0.25) is 15.9 Å². The fourth-order valence-electron chi connectivity index (χ4n) is 2.73. The first-order valence-electron chi connectivity index (χ1n) is 8.27. The second-order valence-corrected chi connectivity index (χ2v) is 9.86. The first-order chi connectivity index (χ1) is 11.1. The number of sulfonamides is 1. The van der Waals surface area contributed by atoms with Crippen LogP contribution < -0.4 is 15.8 Å². The molecule has 0 aromatic heterocycles. The van der Waals surface area contributed by atoms with Crippen LogP contribution in [-0.2, 0) is 14.8 Å². The summed E-state index contributed by atoms with van der Waals surface area (Å²) < 4.78 is 26.4. The third-order valence-electron chi connectivity index (χ3n) is 4.38. The van der Waals surface area contributed by atoms with Crippen molar-refractivity contribution in [1.29, 1.82) is 0 Å². The van der Waals surface area contributed by atoms with E-state index in [1.54, 1.807) is 45.0 Å². The molecule has 0 aliphatic heterocycles. The Hall–Kier alpha value is -1.60. The summed E-state index contributed by atoms with van der Waals surface area (Å²) in [4.78, 5) is 12.3. The summed E-state index contributed by atoms with van der Waals surface area (Å²) in [6, 6.07) is 6.99. The number of benzene rings is 1. The minimum atomic E-state index is -3.35. The Bertz CT molecular complexity index is 687. The lowest BCUT2D eigenvalue weighted by Crippen LogP contribution is -2.46. The first-order valence-corrected chi connectivity index (χ1v) is 9.75. The average Bonchev–Trinajstić information content (AvgIpc) is 2.46. The topological polar surface area (TPSA) is 101 Å². The van der Waals surface area contributed by atoms with Gasteiger partial charge in [-0.3, -0.25) is 4.79 Å². The predicted molar refractivity (Wildman–Crippen MR) is 97.0 cm³/mol. The van der Waals surface area contributed by atoms with Crippen LogP contribution in [0.4, 0.5) is 11.4 Å². The van der Waals surface area contributed by atoms with Gasteiger partial charge in [-0.05, 0) is 64.7 Å². The Labute approximate surface area is 144 Å². The lowest BCUT2D eigenvalue weighted by atomic mass is 9.86. The van der Waals surface area contributed by atoms with Crippen LogP contribution in [0.15, 0.2) is 24.3 Å². The molecule has 24 heavy (non-hydrogen) atoms. The van der Waals surface area contributed by atoms with Gasteiger partial charge in [-0.15, -0.1) is 0 Å². The van der Waals surface area contributed by atoms with Crippen LogP contribution in [0.25, 0.3) is 0 Å². The zero-order valence-corrected chi connectivity index (χ0v) is 15.3. The van der Waals surface area contributed by atoms with Gasteiger partial charge in [0.05, 0.1) is 4.75 Å². The van der Waals surface area contributed by atoms with Crippen LogP contribution in [0.1, 0.15) is 46.5 Å². The Morgan fingerprint density at radius 2 is 1.79 bits per heavy atom. The molecule has 0 spiro atoms. The Morgan fingerprint density at radius 1 is 1.17 bits per heavy atom. The minimum absolute atomic E-state index is 0.0299. The molecule has 0 saturated heterocycles.